The zero-order valence-corrected chi connectivity index (χ0v) is 51.8. The molecular weight excluding hydrogens is 941 g/mol. The predicted molar refractivity (Wildman–Crippen MR) is 330 cm³/mol. The van der Waals surface area contributed by atoms with E-state index in [2.05, 4.69) is 67.5 Å². The van der Waals surface area contributed by atoms with E-state index in [0.717, 1.165) is 45.5 Å². The largest absolute Gasteiger partial charge is 0.506 e. The van der Waals surface area contributed by atoms with Crippen molar-refractivity contribution in [1.29, 1.82) is 0 Å². The molecule has 0 saturated heterocycles. The van der Waals surface area contributed by atoms with Gasteiger partial charge >= 0.3 is 0 Å². The van der Waals surface area contributed by atoms with E-state index in [1.54, 1.807) is 0 Å². The van der Waals surface area contributed by atoms with Crippen LogP contribution in [0, 0.1) is 13.8 Å². The maximum absolute atomic E-state index is 11.4. The Morgan fingerprint density at radius 2 is 0.577 bits per heavy atom. The average Bonchev–Trinajstić information content (AvgIpc) is 3.37. The predicted octanol–water partition coefficient (Wildman–Crippen LogP) is 24.2. The molecule has 0 aliphatic carbocycles. The van der Waals surface area contributed by atoms with Gasteiger partial charge in [0.2, 0.25) is 0 Å². The summed E-state index contributed by atoms with van der Waals surface area (Å²) in [6.07, 6.45) is 55.3. The van der Waals surface area contributed by atoms with E-state index in [-0.39, 0.29) is 0 Å². The van der Waals surface area contributed by atoms with E-state index < -0.39 is 0 Å². The SMILES string of the molecule is CCCCCCCCCCCCSc1cc(CCCCCCCCC)c(C)c(SCCCCCCCCCCCC)c1O.CCCCCCCCSc1cc(CC)c(O)c(SCCCCCCCC)c1C. The number of unbranched alkanes of at least 4 members (excludes halogenated alkanes) is 34. The van der Waals surface area contributed by atoms with Crippen molar-refractivity contribution >= 4 is 47.0 Å². The van der Waals surface area contributed by atoms with Crippen LogP contribution in [0.4, 0.5) is 0 Å². The third kappa shape index (κ3) is 35.4. The van der Waals surface area contributed by atoms with Gasteiger partial charge in [0.1, 0.15) is 11.5 Å². The summed E-state index contributed by atoms with van der Waals surface area (Å²) in [7, 11) is 0. The van der Waals surface area contributed by atoms with Crippen LogP contribution in [0.15, 0.2) is 31.7 Å². The van der Waals surface area contributed by atoms with Gasteiger partial charge in [-0.3, -0.25) is 0 Å². The second kappa shape index (κ2) is 50.3. The third-order valence-electron chi connectivity index (χ3n) is 14.5. The van der Waals surface area contributed by atoms with Gasteiger partial charge in [-0.05, 0) is 116 Å². The van der Waals surface area contributed by atoms with Gasteiger partial charge in [0.05, 0.1) is 14.7 Å². The van der Waals surface area contributed by atoms with Crippen molar-refractivity contribution < 1.29 is 10.2 Å². The Hall–Kier alpha value is -0.560. The first kappa shape index (κ1) is 68.5. The van der Waals surface area contributed by atoms with Crippen LogP contribution in [0.2, 0.25) is 0 Å². The summed E-state index contributed by atoms with van der Waals surface area (Å²) in [5.41, 5.74) is 5.24. The molecule has 0 aromatic heterocycles. The number of aryl methyl sites for hydroxylation is 2. The van der Waals surface area contributed by atoms with Crippen LogP contribution in [-0.4, -0.2) is 33.2 Å². The van der Waals surface area contributed by atoms with E-state index in [4.69, 9.17) is 0 Å². The third-order valence-corrected chi connectivity index (χ3v) is 19.4. The summed E-state index contributed by atoms with van der Waals surface area (Å²) in [4.78, 5) is 4.85. The Kier molecular flexibility index (Phi) is 48.5. The lowest BCUT2D eigenvalue weighted by Gasteiger charge is -2.17. The fourth-order valence-electron chi connectivity index (χ4n) is 9.61. The highest BCUT2D eigenvalue weighted by atomic mass is 32.2. The molecule has 71 heavy (non-hydrogen) atoms. The van der Waals surface area contributed by atoms with Gasteiger partial charge < -0.3 is 10.2 Å². The molecule has 0 aliphatic heterocycles. The van der Waals surface area contributed by atoms with Crippen LogP contribution < -0.4 is 0 Å². The van der Waals surface area contributed by atoms with Gasteiger partial charge in [0.15, 0.2) is 0 Å². The minimum Gasteiger partial charge on any atom is -0.506 e. The first-order valence-corrected chi connectivity index (χ1v) is 35.0. The Balaban J connectivity index is 0.000000776. The van der Waals surface area contributed by atoms with Crippen molar-refractivity contribution in [3.05, 3.63) is 34.4 Å². The second-order valence-electron chi connectivity index (χ2n) is 21.2. The lowest BCUT2D eigenvalue weighted by atomic mass is 10.0. The number of phenolic OH excluding ortho intramolecular Hbond substituents is 2. The van der Waals surface area contributed by atoms with Crippen molar-refractivity contribution in [3.8, 4) is 11.5 Å². The topological polar surface area (TPSA) is 40.5 Å². The molecule has 2 N–H and O–H groups in total. The Bertz CT molecular complexity index is 1490. The molecule has 0 bridgehead atoms. The number of benzene rings is 2. The zero-order valence-electron chi connectivity index (χ0n) is 48.5. The summed E-state index contributed by atoms with van der Waals surface area (Å²) in [5, 5.41) is 22.1. The van der Waals surface area contributed by atoms with Crippen LogP contribution in [0.3, 0.4) is 0 Å². The molecule has 414 valence electrons. The van der Waals surface area contributed by atoms with Gasteiger partial charge in [-0.1, -0.05) is 260 Å². The molecule has 0 radical (unpaired) electrons. The van der Waals surface area contributed by atoms with Crippen molar-refractivity contribution in [2.75, 3.05) is 23.0 Å². The molecule has 0 atom stereocenters. The summed E-state index contributed by atoms with van der Waals surface area (Å²) in [5.74, 6) is 5.70. The molecule has 0 heterocycles. The molecule has 0 amide bonds. The monoisotopic (exact) mass is 1060 g/mol. The molecule has 2 aromatic carbocycles. The van der Waals surface area contributed by atoms with Gasteiger partial charge in [-0.2, -0.15) is 0 Å². The van der Waals surface area contributed by atoms with Crippen molar-refractivity contribution in [2.24, 2.45) is 0 Å². The fourth-order valence-corrected chi connectivity index (χ4v) is 14.2. The standard InChI is InChI=1S/C40H74OS2.C25H44OS2/c1-5-8-11-14-17-19-21-24-27-30-33-42-38-35-37(32-29-26-23-16-13-10-7-3)36(4)40(39(38)41)43-34-31-28-25-22-20-18-15-12-9-6-2;1-5-8-10-12-14-16-18-27-23-20-22(7-3)24(26)25(21(23)4)28-19-17-15-13-11-9-6-2/h35,41H,5-34H2,1-4H3;20,26H,5-19H2,1-4H3. The molecule has 2 rings (SSSR count). The maximum atomic E-state index is 11.4. The summed E-state index contributed by atoms with van der Waals surface area (Å²) in [6.45, 7) is 18.1. The van der Waals surface area contributed by atoms with E-state index in [0.29, 0.717) is 11.5 Å². The molecule has 0 saturated carbocycles. The van der Waals surface area contributed by atoms with Crippen molar-refractivity contribution in [2.45, 2.75) is 338 Å². The lowest BCUT2D eigenvalue weighted by Crippen LogP contribution is -1.97. The fraction of sp³-hybridized carbons (Fsp3) is 0.815. The van der Waals surface area contributed by atoms with Gasteiger partial charge in [0.25, 0.3) is 0 Å². The molecule has 0 unspecified atom stereocenters. The first-order valence-electron chi connectivity index (χ1n) is 31.0. The summed E-state index contributed by atoms with van der Waals surface area (Å²) in [6, 6.07) is 4.59. The van der Waals surface area contributed by atoms with Crippen LogP contribution >= 0.6 is 47.0 Å². The highest BCUT2D eigenvalue weighted by molar-refractivity contribution is 8.00. The molecule has 0 spiro atoms. The number of phenols is 2. The van der Waals surface area contributed by atoms with Crippen LogP contribution in [0.5, 0.6) is 11.5 Å². The molecular formula is C65H118O2S4. The number of thioether (sulfide) groups is 4. The Morgan fingerprint density at radius 1 is 0.296 bits per heavy atom. The molecule has 0 fully saturated rings. The van der Waals surface area contributed by atoms with Gasteiger partial charge in [-0.15, -0.1) is 47.0 Å². The average molecular weight is 1060 g/mol. The van der Waals surface area contributed by atoms with Gasteiger partial charge in [-0.25, -0.2) is 0 Å². The summed E-state index contributed by atoms with van der Waals surface area (Å²) < 4.78 is 0. The van der Waals surface area contributed by atoms with Crippen LogP contribution in [0.25, 0.3) is 0 Å². The van der Waals surface area contributed by atoms with Crippen molar-refractivity contribution in [1.82, 2.24) is 0 Å². The minimum absolute atomic E-state index is 0.542. The molecule has 0 aliphatic rings. The van der Waals surface area contributed by atoms with E-state index in [1.165, 1.54) is 283 Å². The summed E-state index contributed by atoms with van der Waals surface area (Å²) >= 11 is 7.70. The lowest BCUT2D eigenvalue weighted by molar-refractivity contribution is 0.447. The molecule has 6 heteroatoms. The number of rotatable bonds is 49. The maximum Gasteiger partial charge on any atom is 0.142 e. The second-order valence-corrected chi connectivity index (χ2v) is 25.7. The van der Waals surface area contributed by atoms with E-state index >= 15 is 0 Å². The van der Waals surface area contributed by atoms with Crippen LogP contribution in [-0.2, 0) is 12.8 Å². The van der Waals surface area contributed by atoms with Crippen LogP contribution in [0.1, 0.15) is 314 Å². The molecule has 2 nitrogen and oxygen atoms in total. The number of hydrogen-bond donors (Lipinski definition) is 2. The Labute approximate surface area is 461 Å². The van der Waals surface area contributed by atoms with E-state index in [1.807, 2.05) is 47.0 Å². The minimum atomic E-state index is 0.542. The normalized spacial score (nSPS) is 11.4. The van der Waals surface area contributed by atoms with Crippen molar-refractivity contribution in [3.63, 3.8) is 0 Å². The quantitative estimate of drug-likeness (QED) is 0.0508. The van der Waals surface area contributed by atoms with E-state index in [9.17, 15) is 10.2 Å². The highest BCUT2D eigenvalue weighted by Crippen LogP contribution is 2.43. The first-order chi connectivity index (χ1) is 34.8. The molecule has 2 aromatic rings. The zero-order chi connectivity index (χ0) is 51.8. The number of hydrogen-bond acceptors (Lipinski definition) is 6. The Morgan fingerprint density at radius 3 is 0.930 bits per heavy atom. The number of aromatic hydroxyl groups is 2. The highest BCUT2D eigenvalue weighted by Gasteiger charge is 2.17. The smallest absolute Gasteiger partial charge is 0.142 e. The van der Waals surface area contributed by atoms with Gasteiger partial charge in [0, 0.05) is 4.90 Å².